The summed E-state index contributed by atoms with van der Waals surface area (Å²) < 4.78 is 18.1. The van der Waals surface area contributed by atoms with Gasteiger partial charge in [0, 0.05) is 17.3 Å². The fourth-order valence-electron chi connectivity index (χ4n) is 1.54. The lowest BCUT2D eigenvalue weighted by atomic mass is 10.0. The van der Waals surface area contributed by atoms with Crippen LogP contribution >= 0.6 is 0 Å². The first kappa shape index (κ1) is 11.1. The number of hydrogen-bond donors (Lipinski definition) is 0. The standard InChI is InChI=1S/C13H9FN2O/c1-17-12-5-10(7-16-8-12)13-3-2-11(14)4-9(13)6-15/h2-5,7-8H,1H3. The molecule has 84 valence electrons. The van der Waals surface area contributed by atoms with E-state index in [1.807, 2.05) is 6.07 Å². The quantitative estimate of drug-likeness (QED) is 0.793. The molecule has 0 saturated heterocycles. The first-order chi connectivity index (χ1) is 8.24. The fourth-order valence-corrected chi connectivity index (χ4v) is 1.54. The predicted molar refractivity (Wildman–Crippen MR) is 60.9 cm³/mol. The number of hydrogen-bond acceptors (Lipinski definition) is 3. The molecular formula is C13H9FN2O. The van der Waals surface area contributed by atoms with Crippen molar-refractivity contribution in [3.63, 3.8) is 0 Å². The molecular weight excluding hydrogens is 219 g/mol. The summed E-state index contributed by atoms with van der Waals surface area (Å²) >= 11 is 0. The Morgan fingerprint density at radius 2 is 2.12 bits per heavy atom. The van der Waals surface area contributed by atoms with Crippen molar-refractivity contribution in [3.8, 4) is 22.9 Å². The molecule has 0 unspecified atom stereocenters. The Morgan fingerprint density at radius 3 is 2.82 bits per heavy atom. The van der Waals surface area contributed by atoms with Gasteiger partial charge in [0.05, 0.1) is 24.9 Å². The first-order valence-electron chi connectivity index (χ1n) is 4.93. The van der Waals surface area contributed by atoms with Gasteiger partial charge < -0.3 is 4.74 Å². The van der Waals surface area contributed by atoms with Gasteiger partial charge in [-0.2, -0.15) is 5.26 Å². The molecule has 0 radical (unpaired) electrons. The Balaban J connectivity index is 2.56. The fraction of sp³-hybridized carbons (Fsp3) is 0.0769. The number of rotatable bonds is 2. The molecule has 1 aromatic carbocycles. The van der Waals surface area contributed by atoms with Crippen molar-refractivity contribution in [1.82, 2.24) is 4.98 Å². The molecule has 0 saturated carbocycles. The van der Waals surface area contributed by atoms with E-state index in [9.17, 15) is 4.39 Å². The highest BCUT2D eigenvalue weighted by Crippen LogP contribution is 2.26. The van der Waals surface area contributed by atoms with Gasteiger partial charge in [0.2, 0.25) is 0 Å². The van der Waals surface area contributed by atoms with Crippen LogP contribution in [0.2, 0.25) is 0 Å². The Hall–Kier alpha value is -2.41. The van der Waals surface area contributed by atoms with Gasteiger partial charge in [0.15, 0.2) is 0 Å². The maximum atomic E-state index is 13.0. The molecule has 2 aromatic rings. The lowest BCUT2D eigenvalue weighted by molar-refractivity contribution is 0.413. The Labute approximate surface area is 98.1 Å². The van der Waals surface area contributed by atoms with Crippen LogP contribution in [0, 0.1) is 17.1 Å². The van der Waals surface area contributed by atoms with Crippen LogP contribution in [0.15, 0.2) is 36.7 Å². The lowest BCUT2D eigenvalue weighted by Gasteiger charge is -2.05. The van der Waals surface area contributed by atoms with Crippen LogP contribution in [0.1, 0.15) is 5.56 Å². The zero-order valence-corrected chi connectivity index (χ0v) is 9.14. The van der Waals surface area contributed by atoms with E-state index in [1.54, 1.807) is 24.5 Å². The molecule has 4 heteroatoms. The van der Waals surface area contributed by atoms with Gasteiger partial charge in [-0.15, -0.1) is 0 Å². The molecule has 0 amide bonds. The minimum absolute atomic E-state index is 0.278. The number of halogens is 1. The van der Waals surface area contributed by atoms with E-state index in [0.717, 1.165) is 5.56 Å². The molecule has 1 heterocycles. The van der Waals surface area contributed by atoms with Crippen molar-refractivity contribution >= 4 is 0 Å². The van der Waals surface area contributed by atoms with Crippen LogP contribution in [0.3, 0.4) is 0 Å². The number of pyridine rings is 1. The maximum absolute atomic E-state index is 13.0. The zero-order valence-electron chi connectivity index (χ0n) is 9.14. The van der Waals surface area contributed by atoms with E-state index in [1.165, 1.54) is 19.2 Å². The summed E-state index contributed by atoms with van der Waals surface area (Å²) in [4.78, 5) is 4.00. The molecule has 0 spiro atoms. The predicted octanol–water partition coefficient (Wildman–Crippen LogP) is 2.77. The molecule has 0 bridgehead atoms. The summed E-state index contributed by atoms with van der Waals surface area (Å²) in [6.07, 6.45) is 3.18. The van der Waals surface area contributed by atoms with Crippen molar-refractivity contribution in [3.05, 3.63) is 48.0 Å². The summed E-state index contributed by atoms with van der Waals surface area (Å²) in [6.45, 7) is 0. The number of aromatic nitrogens is 1. The smallest absolute Gasteiger partial charge is 0.137 e. The second-order valence-electron chi connectivity index (χ2n) is 3.42. The van der Waals surface area contributed by atoms with Gasteiger partial charge in [0.1, 0.15) is 11.6 Å². The molecule has 0 fully saturated rings. The first-order valence-corrected chi connectivity index (χ1v) is 4.93. The van der Waals surface area contributed by atoms with Crippen LogP contribution in [-0.2, 0) is 0 Å². The van der Waals surface area contributed by atoms with E-state index in [0.29, 0.717) is 11.3 Å². The van der Waals surface area contributed by atoms with Crippen LogP contribution < -0.4 is 4.74 Å². The van der Waals surface area contributed by atoms with Crippen molar-refractivity contribution in [2.75, 3.05) is 7.11 Å². The van der Waals surface area contributed by atoms with Gasteiger partial charge in [-0.3, -0.25) is 4.98 Å². The summed E-state index contributed by atoms with van der Waals surface area (Å²) in [5.74, 6) is 0.164. The second kappa shape index (κ2) is 4.62. The average molecular weight is 228 g/mol. The average Bonchev–Trinajstić information content (AvgIpc) is 2.38. The van der Waals surface area contributed by atoms with Crippen LogP contribution in [0.4, 0.5) is 4.39 Å². The molecule has 0 N–H and O–H groups in total. The molecule has 0 aliphatic heterocycles. The number of methoxy groups -OCH3 is 1. The third-order valence-corrected chi connectivity index (χ3v) is 2.36. The Morgan fingerprint density at radius 1 is 1.29 bits per heavy atom. The third kappa shape index (κ3) is 2.23. The van der Waals surface area contributed by atoms with Gasteiger partial charge in [0.25, 0.3) is 0 Å². The lowest BCUT2D eigenvalue weighted by Crippen LogP contribution is -1.89. The van der Waals surface area contributed by atoms with E-state index >= 15 is 0 Å². The van der Waals surface area contributed by atoms with Gasteiger partial charge in [-0.25, -0.2) is 4.39 Å². The zero-order chi connectivity index (χ0) is 12.3. The van der Waals surface area contributed by atoms with Gasteiger partial charge in [-0.1, -0.05) is 6.07 Å². The second-order valence-corrected chi connectivity index (χ2v) is 3.42. The summed E-state index contributed by atoms with van der Waals surface area (Å²) in [5, 5.41) is 8.96. The van der Waals surface area contributed by atoms with Crippen LogP contribution in [0.5, 0.6) is 5.75 Å². The highest BCUT2D eigenvalue weighted by Gasteiger charge is 2.07. The minimum atomic E-state index is -0.429. The van der Waals surface area contributed by atoms with E-state index < -0.39 is 5.82 Å². The highest BCUT2D eigenvalue weighted by molar-refractivity contribution is 5.70. The topological polar surface area (TPSA) is 45.9 Å². The number of nitrogens with zero attached hydrogens (tertiary/aromatic N) is 2. The normalized spacial score (nSPS) is 9.71. The van der Waals surface area contributed by atoms with Gasteiger partial charge in [-0.05, 0) is 18.2 Å². The largest absolute Gasteiger partial charge is 0.495 e. The number of benzene rings is 1. The minimum Gasteiger partial charge on any atom is -0.495 e. The maximum Gasteiger partial charge on any atom is 0.137 e. The molecule has 0 aliphatic rings. The molecule has 0 atom stereocenters. The number of nitriles is 1. The summed E-state index contributed by atoms with van der Waals surface area (Å²) in [7, 11) is 1.54. The van der Waals surface area contributed by atoms with Gasteiger partial charge >= 0.3 is 0 Å². The van der Waals surface area contributed by atoms with Crippen molar-refractivity contribution < 1.29 is 9.13 Å². The number of ether oxygens (including phenoxy) is 1. The van der Waals surface area contributed by atoms with Crippen LogP contribution in [0.25, 0.3) is 11.1 Å². The monoisotopic (exact) mass is 228 g/mol. The third-order valence-electron chi connectivity index (χ3n) is 2.36. The van der Waals surface area contributed by atoms with E-state index in [2.05, 4.69) is 4.98 Å². The molecule has 2 rings (SSSR count). The Kier molecular flexibility index (Phi) is 3.01. The van der Waals surface area contributed by atoms with Crippen LogP contribution in [-0.4, -0.2) is 12.1 Å². The molecule has 3 nitrogen and oxygen atoms in total. The van der Waals surface area contributed by atoms with E-state index in [4.69, 9.17) is 10.00 Å². The summed E-state index contributed by atoms with van der Waals surface area (Å²) in [6, 6.07) is 7.79. The van der Waals surface area contributed by atoms with Crippen molar-refractivity contribution in [2.24, 2.45) is 0 Å². The van der Waals surface area contributed by atoms with Crippen molar-refractivity contribution in [1.29, 1.82) is 5.26 Å². The van der Waals surface area contributed by atoms with E-state index in [-0.39, 0.29) is 5.56 Å². The molecule has 0 aliphatic carbocycles. The Bertz CT molecular complexity index is 590. The summed E-state index contributed by atoms with van der Waals surface area (Å²) in [5.41, 5.74) is 1.64. The molecule has 1 aromatic heterocycles. The molecule has 17 heavy (non-hydrogen) atoms. The van der Waals surface area contributed by atoms with Crippen molar-refractivity contribution in [2.45, 2.75) is 0 Å². The highest BCUT2D eigenvalue weighted by atomic mass is 19.1. The SMILES string of the molecule is COc1cncc(-c2ccc(F)cc2C#N)c1.